The van der Waals surface area contributed by atoms with Crippen LogP contribution in [0.25, 0.3) is 0 Å². The fourth-order valence-electron chi connectivity index (χ4n) is 2.38. The van der Waals surface area contributed by atoms with E-state index in [0.717, 1.165) is 0 Å². The smallest absolute Gasteiger partial charge is 0.163 e. The predicted octanol–water partition coefficient (Wildman–Crippen LogP) is 3.01. The van der Waals surface area contributed by atoms with E-state index in [1.54, 1.807) is 30.3 Å². The van der Waals surface area contributed by atoms with Gasteiger partial charge in [0.25, 0.3) is 0 Å². The highest BCUT2D eigenvalue weighted by molar-refractivity contribution is 6.02. The number of phenolic OH excluding ortho intramolecular Hbond substituents is 1. The maximum atomic E-state index is 12.2. The Hall–Kier alpha value is -2.82. The number of ketones is 2. The first-order chi connectivity index (χ1) is 11.1. The van der Waals surface area contributed by atoms with Gasteiger partial charge in [0, 0.05) is 24.0 Å². The van der Waals surface area contributed by atoms with Gasteiger partial charge in [0.1, 0.15) is 19.0 Å². The number of fused-ring (bicyclic) bond motifs is 1. The quantitative estimate of drug-likeness (QED) is 0.859. The summed E-state index contributed by atoms with van der Waals surface area (Å²) in [6, 6.07) is 11.1. The highest BCUT2D eigenvalue weighted by atomic mass is 16.6. The van der Waals surface area contributed by atoms with Crippen molar-refractivity contribution < 1.29 is 24.2 Å². The molecule has 1 aliphatic rings. The van der Waals surface area contributed by atoms with Crippen molar-refractivity contribution in [3.8, 4) is 17.2 Å². The van der Waals surface area contributed by atoms with Crippen LogP contribution in [0.3, 0.4) is 0 Å². The summed E-state index contributed by atoms with van der Waals surface area (Å²) in [4.78, 5) is 24.3. The molecule has 0 aromatic heterocycles. The topological polar surface area (TPSA) is 72.8 Å². The second kappa shape index (κ2) is 6.52. The summed E-state index contributed by atoms with van der Waals surface area (Å²) >= 11 is 0. The Labute approximate surface area is 133 Å². The van der Waals surface area contributed by atoms with Crippen LogP contribution in [0.15, 0.2) is 42.5 Å². The van der Waals surface area contributed by atoms with Gasteiger partial charge in [-0.1, -0.05) is 0 Å². The largest absolute Gasteiger partial charge is 0.508 e. The number of aromatic hydroxyl groups is 1. The van der Waals surface area contributed by atoms with E-state index in [1.807, 2.05) is 0 Å². The van der Waals surface area contributed by atoms with Gasteiger partial charge in [-0.15, -0.1) is 0 Å². The number of hydrogen-bond acceptors (Lipinski definition) is 5. The maximum Gasteiger partial charge on any atom is 0.163 e. The molecule has 0 spiro atoms. The number of benzene rings is 2. The zero-order chi connectivity index (χ0) is 16.2. The Kier molecular flexibility index (Phi) is 4.28. The lowest BCUT2D eigenvalue weighted by Gasteiger charge is -2.18. The van der Waals surface area contributed by atoms with Crippen molar-refractivity contribution >= 4 is 11.6 Å². The average molecular weight is 312 g/mol. The van der Waals surface area contributed by atoms with E-state index in [1.165, 1.54) is 12.1 Å². The van der Waals surface area contributed by atoms with E-state index >= 15 is 0 Å². The first kappa shape index (κ1) is 15.1. The van der Waals surface area contributed by atoms with Crippen LogP contribution in [0.4, 0.5) is 0 Å². The zero-order valence-corrected chi connectivity index (χ0v) is 12.5. The lowest BCUT2D eigenvalue weighted by atomic mass is 10.0. The Bertz CT molecular complexity index is 734. The van der Waals surface area contributed by atoms with Gasteiger partial charge >= 0.3 is 0 Å². The summed E-state index contributed by atoms with van der Waals surface area (Å²) in [5.41, 5.74) is 0.991. The molecule has 0 atom stereocenters. The molecule has 0 aliphatic carbocycles. The summed E-state index contributed by atoms with van der Waals surface area (Å²) in [5, 5.41) is 9.21. The van der Waals surface area contributed by atoms with E-state index < -0.39 is 0 Å². The highest BCUT2D eigenvalue weighted by Crippen LogP contribution is 2.31. The molecule has 0 unspecified atom stereocenters. The van der Waals surface area contributed by atoms with Crippen LogP contribution in [0, 0.1) is 0 Å². The monoisotopic (exact) mass is 312 g/mol. The van der Waals surface area contributed by atoms with E-state index in [0.29, 0.717) is 35.8 Å². The molecule has 0 fully saturated rings. The molecule has 0 saturated carbocycles. The van der Waals surface area contributed by atoms with Crippen molar-refractivity contribution in [3.05, 3.63) is 53.6 Å². The van der Waals surface area contributed by atoms with Gasteiger partial charge in [-0.05, 0) is 42.5 Å². The second-order valence-electron chi connectivity index (χ2n) is 5.25. The molecule has 0 amide bonds. The van der Waals surface area contributed by atoms with Gasteiger partial charge in [-0.2, -0.15) is 0 Å². The molecule has 1 heterocycles. The number of ether oxygens (including phenoxy) is 2. The van der Waals surface area contributed by atoms with Crippen molar-refractivity contribution in [2.75, 3.05) is 13.2 Å². The molecule has 1 N–H and O–H groups in total. The molecule has 1 aliphatic heterocycles. The third-order valence-electron chi connectivity index (χ3n) is 3.63. The van der Waals surface area contributed by atoms with Crippen LogP contribution in [-0.4, -0.2) is 29.9 Å². The minimum Gasteiger partial charge on any atom is -0.508 e. The molecule has 0 bridgehead atoms. The molecule has 2 aromatic carbocycles. The van der Waals surface area contributed by atoms with Crippen molar-refractivity contribution in [2.45, 2.75) is 12.8 Å². The van der Waals surface area contributed by atoms with Crippen LogP contribution < -0.4 is 9.47 Å². The van der Waals surface area contributed by atoms with Crippen LogP contribution >= 0.6 is 0 Å². The first-order valence-corrected chi connectivity index (χ1v) is 7.38. The van der Waals surface area contributed by atoms with Crippen molar-refractivity contribution in [3.63, 3.8) is 0 Å². The van der Waals surface area contributed by atoms with Gasteiger partial charge in [0.15, 0.2) is 23.1 Å². The molecule has 3 rings (SSSR count). The Morgan fingerprint density at radius 3 is 2.09 bits per heavy atom. The van der Waals surface area contributed by atoms with E-state index in [9.17, 15) is 14.7 Å². The van der Waals surface area contributed by atoms with E-state index in [2.05, 4.69) is 0 Å². The third kappa shape index (κ3) is 3.51. The van der Waals surface area contributed by atoms with Gasteiger partial charge in [0.2, 0.25) is 0 Å². The molecular formula is C18H16O5. The van der Waals surface area contributed by atoms with Crippen LogP contribution in [0.1, 0.15) is 33.6 Å². The number of hydrogen-bond donors (Lipinski definition) is 1. The zero-order valence-electron chi connectivity index (χ0n) is 12.5. The predicted molar refractivity (Wildman–Crippen MR) is 83.4 cm³/mol. The van der Waals surface area contributed by atoms with Crippen molar-refractivity contribution in [1.29, 1.82) is 0 Å². The summed E-state index contributed by atoms with van der Waals surface area (Å²) in [5.74, 6) is 1.05. The molecular weight excluding hydrogens is 296 g/mol. The molecule has 2 aromatic rings. The van der Waals surface area contributed by atoms with Crippen molar-refractivity contribution in [2.24, 2.45) is 0 Å². The van der Waals surface area contributed by atoms with Crippen LogP contribution in [-0.2, 0) is 0 Å². The van der Waals surface area contributed by atoms with Crippen molar-refractivity contribution in [1.82, 2.24) is 0 Å². The Morgan fingerprint density at radius 1 is 0.826 bits per heavy atom. The summed E-state index contributed by atoms with van der Waals surface area (Å²) in [6.07, 6.45) is 0.247. The fourth-order valence-corrected chi connectivity index (χ4v) is 2.38. The second-order valence-corrected chi connectivity index (χ2v) is 5.25. The molecule has 5 heteroatoms. The number of phenols is 1. The van der Waals surface area contributed by atoms with Crippen LogP contribution in [0.2, 0.25) is 0 Å². The standard InChI is InChI=1S/C18H16O5/c19-14-4-1-12(2-5-14)15(20)6-7-16(21)13-3-8-17-18(11-13)23-10-9-22-17/h1-5,8,11,19H,6-7,9-10H2. The summed E-state index contributed by atoms with van der Waals surface area (Å²) in [7, 11) is 0. The van der Waals surface area contributed by atoms with E-state index in [-0.39, 0.29) is 30.2 Å². The molecule has 118 valence electrons. The minimum absolute atomic E-state index is 0.105. The Morgan fingerprint density at radius 2 is 1.39 bits per heavy atom. The van der Waals surface area contributed by atoms with Gasteiger partial charge in [0.05, 0.1) is 0 Å². The summed E-state index contributed by atoms with van der Waals surface area (Å²) in [6.45, 7) is 0.964. The summed E-state index contributed by atoms with van der Waals surface area (Å²) < 4.78 is 10.9. The third-order valence-corrected chi connectivity index (χ3v) is 3.63. The number of carbonyl (C=O) groups excluding carboxylic acids is 2. The first-order valence-electron chi connectivity index (χ1n) is 7.38. The molecule has 5 nitrogen and oxygen atoms in total. The lowest BCUT2D eigenvalue weighted by Crippen LogP contribution is -2.16. The van der Waals surface area contributed by atoms with Gasteiger partial charge in [-0.3, -0.25) is 9.59 Å². The van der Waals surface area contributed by atoms with Gasteiger partial charge < -0.3 is 14.6 Å². The van der Waals surface area contributed by atoms with Crippen LogP contribution in [0.5, 0.6) is 17.2 Å². The molecule has 0 saturated heterocycles. The highest BCUT2D eigenvalue weighted by Gasteiger charge is 2.16. The number of Topliss-reactive ketones (excluding diaryl/α,β-unsaturated/α-hetero) is 2. The minimum atomic E-state index is -0.129. The lowest BCUT2D eigenvalue weighted by molar-refractivity contribution is 0.0917. The van der Waals surface area contributed by atoms with E-state index in [4.69, 9.17) is 9.47 Å². The molecule has 23 heavy (non-hydrogen) atoms. The van der Waals surface area contributed by atoms with Gasteiger partial charge in [-0.25, -0.2) is 0 Å². The number of carbonyl (C=O) groups is 2. The average Bonchev–Trinajstić information content (AvgIpc) is 2.59. The maximum absolute atomic E-state index is 12.2. The fraction of sp³-hybridized carbons (Fsp3) is 0.222. The Balaban J connectivity index is 1.63. The normalized spacial score (nSPS) is 12.7. The SMILES string of the molecule is O=C(CCC(=O)c1ccc2c(c1)OCCO2)c1ccc(O)cc1. The number of rotatable bonds is 5. The molecule has 0 radical (unpaired) electrons.